The van der Waals surface area contributed by atoms with E-state index in [1.807, 2.05) is 18.2 Å². The highest BCUT2D eigenvalue weighted by Gasteiger charge is 2.24. The lowest BCUT2D eigenvalue weighted by atomic mass is 9.98. The van der Waals surface area contributed by atoms with Gasteiger partial charge in [-0.2, -0.15) is 0 Å². The monoisotopic (exact) mass is 323 g/mol. The van der Waals surface area contributed by atoms with Crippen LogP contribution in [0.1, 0.15) is 12.8 Å². The third kappa shape index (κ3) is 3.54. The lowest BCUT2D eigenvalue weighted by molar-refractivity contribution is -0.120. The zero-order valence-electron chi connectivity index (χ0n) is 12.6. The van der Waals surface area contributed by atoms with E-state index in [4.69, 9.17) is 16.3 Å². The molecule has 0 aromatic heterocycles. The SMILES string of the molecule is O=C(Nc1cccc(Cl)c1N1CCOCC1)C1CCCNC1. The number of carbonyl (C=O) groups excluding carboxylic acids is 1. The summed E-state index contributed by atoms with van der Waals surface area (Å²) in [5, 5.41) is 7.02. The van der Waals surface area contributed by atoms with Gasteiger partial charge in [-0.15, -0.1) is 0 Å². The molecule has 0 spiro atoms. The first-order valence-corrected chi connectivity index (χ1v) is 8.26. The molecule has 0 radical (unpaired) electrons. The van der Waals surface area contributed by atoms with Crippen LogP contribution in [-0.4, -0.2) is 45.3 Å². The van der Waals surface area contributed by atoms with E-state index in [1.165, 1.54) is 0 Å². The van der Waals surface area contributed by atoms with E-state index < -0.39 is 0 Å². The quantitative estimate of drug-likeness (QED) is 0.894. The Labute approximate surface area is 136 Å². The Morgan fingerprint density at radius 1 is 1.36 bits per heavy atom. The van der Waals surface area contributed by atoms with Crippen LogP contribution >= 0.6 is 11.6 Å². The van der Waals surface area contributed by atoms with Gasteiger partial charge in [0.2, 0.25) is 5.91 Å². The van der Waals surface area contributed by atoms with Gasteiger partial charge in [0.05, 0.1) is 35.5 Å². The number of ether oxygens (including phenoxy) is 1. The van der Waals surface area contributed by atoms with Crippen LogP contribution in [0.15, 0.2) is 18.2 Å². The third-order valence-corrected chi connectivity index (χ3v) is 4.54. The predicted molar refractivity (Wildman–Crippen MR) is 88.7 cm³/mol. The average molecular weight is 324 g/mol. The minimum absolute atomic E-state index is 0.0327. The largest absolute Gasteiger partial charge is 0.378 e. The van der Waals surface area contributed by atoms with Gasteiger partial charge in [0.1, 0.15) is 0 Å². The maximum atomic E-state index is 12.5. The molecule has 0 bridgehead atoms. The molecule has 1 amide bonds. The number of nitrogens with zero attached hydrogens (tertiary/aromatic N) is 1. The molecule has 1 atom stereocenters. The summed E-state index contributed by atoms with van der Waals surface area (Å²) < 4.78 is 5.40. The minimum atomic E-state index is 0.0327. The van der Waals surface area contributed by atoms with Crippen LogP contribution in [-0.2, 0) is 9.53 Å². The van der Waals surface area contributed by atoms with Crippen molar-refractivity contribution in [2.75, 3.05) is 49.6 Å². The first-order valence-electron chi connectivity index (χ1n) is 7.88. The molecule has 2 saturated heterocycles. The fourth-order valence-corrected chi connectivity index (χ4v) is 3.33. The Morgan fingerprint density at radius 3 is 2.91 bits per heavy atom. The molecule has 1 aromatic rings. The second-order valence-electron chi connectivity index (χ2n) is 5.77. The van der Waals surface area contributed by atoms with Crippen molar-refractivity contribution < 1.29 is 9.53 Å². The van der Waals surface area contributed by atoms with Gasteiger partial charge >= 0.3 is 0 Å². The number of morpholine rings is 1. The Kier molecular flexibility index (Phi) is 5.18. The maximum Gasteiger partial charge on any atom is 0.228 e. The number of nitrogens with one attached hydrogen (secondary N) is 2. The Morgan fingerprint density at radius 2 is 2.18 bits per heavy atom. The Bertz CT molecular complexity index is 526. The summed E-state index contributed by atoms with van der Waals surface area (Å²) in [6, 6.07) is 5.66. The second-order valence-corrected chi connectivity index (χ2v) is 6.18. The van der Waals surface area contributed by atoms with Crippen molar-refractivity contribution in [2.24, 2.45) is 5.92 Å². The van der Waals surface area contributed by atoms with Crippen molar-refractivity contribution in [1.29, 1.82) is 0 Å². The normalized spacial score (nSPS) is 22.4. The van der Waals surface area contributed by atoms with Gasteiger partial charge in [0, 0.05) is 19.6 Å². The average Bonchev–Trinajstić information content (AvgIpc) is 2.56. The summed E-state index contributed by atoms with van der Waals surface area (Å²) in [6.07, 6.45) is 1.98. The zero-order valence-corrected chi connectivity index (χ0v) is 13.4. The molecule has 2 N–H and O–H groups in total. The fraction of sp³-hybridized carbons (Fsp3) is 0.562. The molecule has 2 aliphatic heterocycles. The Hall–Kier alpha value is -1.30. The summed E-state index contributed by atoms with van der Waals surface area (Å²) >= 11 is 6.39. The lowest BCUT2D eigenvalue weighted by Crippen LogP contribution is -2.39. The van der Waals surface area contributed by atoms with Crippen LogP contribution in [0, 0.1) is 5.92 Å². The molecule has 22 heavy (non-hydrogen) atoms. The lowest BCUT2D eigenvalue weighted by Gasteiger charge is -2.31. The molecule has 1 aromatic carbocycles. The van der Waals surface area contributed by atoms with Gasteiger partial charge in [0.15, 0.2) is 0 Å². The summed E-state index contributed by atoms with van der Waals surface area (Å²) in [6.45, 7) is 4.70. The summed E-state index contributed by atoms with van der Waals surface area (Å²) in [5.74, 6) is 0.106. The van der Waals surface area contributed by atoms with Crippen LogP contribution in [0.4, 0.5) is 11.4 Å². The van der Waals surface area contributed by atoms with Gasteiger partial charge in [-0.3, -0.25) is 4.79 Å². The molecule has 2 heterocycles. The highest BCUT2D eigenvalue weighted by molar-refractivity contribution is 6.34. The summed E-state index contributed by atoms with van der Waals surface area (Å²) in [5.41, 5.74) is 1.70. The number of amides is 1. The number of hydrogen-bond donors (Lipinski definition) is 2. The first kappa shape index (κ1) is 15.6. The molecule has 3 rings (SSSR count). The molecule has 1 unspecified atom stereocenters. The smallest absolute Gasteiger partial charge is 0.228 e. The molecule has 2 aliphatic rings. The van der Waals surface area contributed by atoms with E-state index in [0.29, 0.717) is 18.2 Å². The van der Waals surface area contributed by atoms with Crippen molar-refractivity contribution >= 4 is 28.9 Å². The summed E-state index contributed by atoms with van der Waals surface area (Å²) in [7, 11) is 0. The molecule has 6 heteroatoms. The number of para-hydroxylation sites is 1. The molecular formula is C16H22ClN3O2. The molecule has 2 fully saturated rings. The van der Waals surface area contributed by atoms with E-state index in [9.17, 15) is 4.79 Å². The molecule has 5 nitrogen and oxygen atoms in total. The standard InChI is InChI=1S/C16H22ClN3O2/c17-13-4-1-5-14(15(13)20-7-9-22-10-8-20)19-16(21)12-3-2-6-18-11-12/h1,4-5,12,18H,2-3,6-11H2,(H,19,21). The molecule has 0 aliphatic carbocycles. The highest BCUT2D eigenvalue weighted by Crippen LogP contribution is 2.34. The van der Waals surface area contributed by atoms with Crippen molar-refractivity contribution in [3.8, 4) is 0 Å². The van der Waals surface area contributed by atoms with E-state index >= 15 is 0 Å². The van der Waals surface area contributed by atoms with Crippen LogP contribution in [0.5, 0.6) is 0 Å². The number of halogens is 1. The van der Waals surface area contributed by atoms with Crippen LogP contribution in [0.3, 0.4) is 0 Å². The molecule has 0 saturated carbocycles. The first-order chi connectivity index (χ1) is 10.8. The van der Waals surface area contributed by atoms with E-state index in [1.54, 1.807) is 0 Å². The maximum absolute atomic E-state index is 12.5. The topological polar surface area (TPSA) is 53.6 Å². The number of piperidine rings is 1. The number of benzene rings is 1. The number of rotatable bonds is 3. The van der Waals surface area contributed by atoms with Gasteiger partial charge in [-0.1, -0.05) is 17.7 Å². The second kappa shape index (κ2) is 7.31. The van der Waals surface area contributed by atoms with Crippen molar-refractivity contribution in [1.82, 2.24) is 5.32 Å². The van der Waals surface area contributed by atoms with Gasteiger partial charge in [-0.05, 0) is 31.5 Å². The predicted octanol–water partition coefficient (Wildman–Crippen LogP) is 2.11. The molecular weight excluding hydrogens is 302 g/mol. The van der Waals surface area contributed by atoms with Crippen LogP contribution in [0.2, 0.25) is 5.02 Å². The summed E-state index contributed by atoms with van der Waals surface area (Å²) in [4.78, 5) is 14.7. The van der Waals surface area contributed by atoms with Crippen LogP contribution in [0.25, 0.3) is 0 Å². The Balaban J connectivity index is 1.77. The molecule has 120 valence electrons. The van der Waals surface area contributed by atoms with Gasteiger partial charge in [0.25, 0.3) is 0 Å². The van der Waals surface area contributed by atoms with E-state index in [0.717, 1.165) is 50.4 Å². The number of hydrogen-bond acceptors (Lipinski definition) is 4. The fourth-order valence-electron chi connectivity index (χ4n) is 3.03. The van der Waals surface area contributed by atoms with Crippen molar-refractivity contribution in [3.63, 3.8) is 0 Å². The van der Waals surface area contributed by atoms with Crippen molar-refractivity contribution in [3.05, 3.63) is 23.2 Å². The van der Waals surface area contributed by atoms with Gasteiger partial charge < -0.3 is 20.3 Å². The third-order valence-electron chi connectivity index (χ3n) is 4.24. The number of carbonyl (C=O) groups is 1. The van der Waals surface area contributed by atoms with E-state index in [-0.39, 0.29) is 11.8 Å². The van der Waals surface area contributed by atoms with Crippen LogP contribution < -0.4 is 15.5 Å². The van der Waals surface area contributed by atoms with E-state index in [2.05, 4.69) is 15.5 Å². The minimum Gasteiger partial charge on any atom is -0.378 e. The highest BCUT2D eigenvalue weighted by atomic mass is 35.5. The van der Waals surface area contributed by atoms with Crippen molar-refractivity contribution in [2.45, 2.75) is 12.8 Å². The van der Waals surface area contributed by atoms with Gasteiger partial charge in [-0.25, -0.2) is 0 Å². The number of anilines is 2. The zero-order chi connectivity index (χ0) is 15.4.